The molecule has 2 N–H and O–H groups in total. The molecule has 0 spiro atoms. The molecule has 0 saturated carbocycles. The summed E-state index contributed by atoms with van der Waals surface area (Å²) in [7, 11) is 0. The average molecular weight is 334 g/mol. The lowest BCUT2D eigenvalue weighted by atomic mass is 10.2. The van der Waals surface area contributed by atoms with Gasteiger partial charge in [0.2, 0.25) is 5.82 Å². The van der Waals surface area contributed by atoms with Crippen molar-refractivity contribution in [2.75, 3.05) is 0 Å². The van der Waals surface area contributed by atoms with E-state index in [1.54, 1.807) is 12.3 Å². The van der Waals surface area contributed by atoms with E-state index in [9.17, 15) is 10.2 Å². The molecule has 0 unspecified atom stereocenters. The van der Waals surface area contributed by atoms with Crippen molar-refractivity contribution in [1.82, 2.24) is 15.1 Å². The Morgan fingerprint density at radius 3 is 2.70 bits per heavy atom. The number of phenolic OH excluding ortho intramolecular Hbond substituents is 2. The van der Waals surface area contributed by atoms with E-state index in [-0.39, 0.29) is 23.0 Å². The second kappa shape index (κ2) is 4.93. The highest BCUT2D eigenvalue weighted by atomic mass is 79.9. The number of rotatable bonds is 2. The lowest BCUT2D eigenvalue weighted by Crippen LogP contribution is -1.85. The van der Waals surface area contributed by atoms with Crippen molar-refractivity contribution in [1.29, 1.82) is 0 Å². The topological polar surface area (TPSA) is 92.3 Å². The van der Waals surface area contributed by atoms with Crippen LogP contribution in [-0.2, 0) is 0 Å². The van der Waals surface area contributed by atoms with Gasteiger partial charge in [0, 0.05) is 10.7 Å². The number of benzene rings is 1. The number of halogens is 1. The van der Waals surface area contributed by atoms with Crippen LogP contribution in [0.15, 0.2) is 45.5 Å². The summed E-state index contributed by atoms with van der Waals surface area (Å²) in [6.45, 7) is 0. The Labute approximate surface area is 121 Å². The smallest absolute Gasteiger partial charge is 0.262 e. The number of pyridine rings is 1. The maximum absolute atomic E-state index is 9.74. The molecule has 0 atom stereocenters. The third-order valence-electron chi connectivity index (χ3n) is 2.59. The largest absolute Gasteiger partial charge is 0.508 e. The fraction of sp³-hybridized carbons (Fsp3) is 0. The van der Waals surface area contributed by atoms with Crippen LogP contribution in [0.3, 0.4) is 0 Å². The zero-order chi connectivity index (χ0) is 14.1. The standard InChI is InChI=1S/C13H8BrN3O3/c14-7-1-3-10(15-6-7)12-16-13(20-17-12)9-5-8(18)2-4-11(9)19/h1-6,18-19H. The van der Waals surface area contributed by atoms with Crippen molar-refractivity contribution < 1.29 is 14.7 Å². The van der Waals surface area contributed by atoms with E-state index in [4.69, 9.17) is 4.52 Å². The minimum absolute atomic E-state index is 0.000633. The molecule has 3 aromatic rings. The van der Waals surface area contributed by atoms with Gasteiger partial charge in [-0.25, -0.2) is 0 Å². The van der Waals surface area contributed by atoms with Crippen LogP contribution in [0.1, 0.15) is 0 Å². The molecular formula is C13H8BrN3O3. The van der Waals surface area contributed by atoms with Crippen LogP contribution in [0.4, 0.5) is 0 Å². The summed E-state index contributed by atoms with van der Waals surface area (Å²) in [5.74, 6) is 0.356. The summed E-state index contributed by atoms with van der Waals surface area (Å²) in [5.41, 5.74) is 0.809. The highest BCUT2D eigenvalue weighted by Crippen LogP contribution is 2.32. The SMILES string of the molecule is Oc1ccc(O)c(-c2nc(-c3ccc(Br)cn3)no2)c1. The van der Waals surface area contributed by atoms with Gasteiger partial charge in [0.05, 0.1) is 5.56 Å². The second-order valence-electron chi connectivity index (χ2n) is 3.99. The average Bonchev–Trinajstić information content (AvgIpc) is 2.92. The first-order valence-electron chi connectivity index (χ1n) is 5.61. The Morgan fingerprint density at radius 1 is 1.10 bits per heavy atom. The van der Waals surface area contributed by atoms with Crippen molar-refractivity contribution in [3.8, 4) is 34.5 Å². The quantitative estimate of drug-likeness (QED) is 0.700. The Morgan fingerprint density at radius 2 is 1.95 bits per heavy atom. The number of aromatic hydroxyl groups is 2. The second-order valence-corrected chi connectivity index (χ2v) is 4.90. The number of aromatic nitrogens is 3. The minimum atomic E-state index is -0.0539. The minimum Gasteiger partial charge on any atom is -0.508 e. The first-order valence-corrected chi connectivity index (χ1v) is 6.41. The van der Waals surface area contributed by atoms with Crippen LogP contribution in [0.5, 0.6) is 11.5 Å². The Bertz CT molecular complexity index is 756. The number of hydrogen-bond acceptors (Lipinski definition) is 6. The molecule has 0 fully saturated rings. The van der Waals surface area contributed by atoms with Crippen molar-refractivity contribution >= 4 is 15.9 Å². The van der Waals surface area contributed by atoms with Crippen LogP contribution in [-0.4, -0.2) is 25.3 Å². The van der Waals surface area contributed by atoms with Gasteiger partial charge in [0.25, 0.3) is 5.89 Å². The highest BCUT2D eigenvalue weighted by Gasteiger charge is 2.15. The zero-order valence-corrected chi connectivity index (χ0v) is 11.6. The maximum Gasteiger partial charge on any atom is 0.262 e. The van der Waals surface area contributed by atoms with E-state index < -0.39 is 0 Å². The van der Waals surface area contributed by atoms with Gasteiger partial charge in [-0.2, -0.15) is 4.98 Å². The number of nitrogens with zero attached hydrogens (tertiary/aromatic N) is 3. The molecule has 3 rings (SSSR count). The Balaban J connectivity index is 2.01. The summed E-state index contributed by atoms with van der Waals surface area (Å²) < 4.78 is 5.93. The van der Waals surface area contributed by atoms with E-state index >= 15 is 0 Å². The summed E-state index contributed by atoms with van der Waals surface area (Å²) in [4.78, 5) is 8.31. The Kier molecular flexibility index (Phi) is 3.11. The summed E-state index contributed by atoms with van der Waals surface area (Å²) >= 11 is 3.29. The van der Waals surface area contributed by atoms with Crippen LogP contribution >= 0.6 is 15.9 Å². The van der Waals surface area contributed by atoms with Gasteiger partial charge in [0.15, 0.2) is 0 Å². The van der Waals surface area contributed by atoms with Gasteiger partial charge in [-0.15, -0.1) is 0 Å². The van der Waals surface area contributed by atoms with Gasteiger partial charge in [-0.05, 0) is 46.3 Å². The predicted octanol–water partition coefficient (Wildman–Crippen LogP) is 2.97. The van der Waals surface area contributed by atoms with Crippen molar-refractivity contribution in [2.45, 2.75) is 0 Å². The van der Waals surface area contributed by atoms with Gasteiger partial charge in [-0.1, -0.05) is 5.16 Å². The zero-order valence-electron chi connectivity index (χ0n) is 9.99. The predicted molar refractivity (Wildman–Crippen MR) is 74.0 cm³/mol. The molecule has 0 aliphatic carbocycles. The lowest BCUT2D eigenvalue weighted by molar-refractivity contribution is 0.423. The molecule has 6 nitrogen and oxygen atoms in total. The van der Waals surface area contributed by atoms with E-state index in [0.29, 0.717) is 11.5 Å². The third kappa shape index (κ3) is 2.35. The monoisotopic (exact) mass is 333 g/mol. The lowest BCUT2D eigenvalue weighted by Gasteiger charge is -1.99. The summed E-state index contributed by atoms with van der Waals surface area (Å²) in [6.07, 6.45) is 1.62. The molecule has 20 heavy (non-hydrogen) atoms. The molecule has 1 aromatic carbocycles. The molecule has 100 valence electrons. The number of hydrogen-bond donors (Lipinski definition) is 2. The molecule has 0 aliphatic heterocycles. The molecule has 2 aromatic heterocycles. The van der Waals surface area contributed by atoms with Crippen molar-refractivity contribution in [3.05, 3.63) is 41.0 Å². The summed E-state index contributed by atoms with van der Waals surface area (Å²) in [5, 5.41) is 23.0. The third-order valence-corrected chi connectivity index (χ3v) is 3.06. The molecule has 0 saturated heterocycles. The normalized spacial score (nSPS) is 10.7. The first-order chi connectivity index (χ1) is 9.63. The summed E-state index contributed by atoms with van der Waals surface area (Å²) in [6, 6.07) is 7.62. The van der Waals surface area contributed by atoms with Gasteiger partial charge >= 0.3 is 0 Å². The van der Waals surface area contributed by atoms with E-state index in [1.165, 1.54) is 18.2 Å². The van der Waals surface area contributed by atoms with Gasteiger partial charge < -0.3 is 14.7 Å². The van der Waals surface area contributed by atoms with Crippen LogP contribution < -0.4 is 0 Å². The fourth-order valence-electron chi connectivity index (χ4n) is 1.64. The molecular weight excluding hydrogens is 326 g/mol. The molecule has 0 radical (unpaired) electrons. The maximum atomic E-state index is 9.74. The van der Waals surface area contributed by atoms with Gasteiger partial charge in [-0.3, -0.25) is 4.98 Å². The molecule has 0 bridgehead atoms. The van der Waals surface area contributed by atoms with Crippen LogP contribution in [0.25, 0.3) is 23.0 Å². The van der Waals surface area contributed by atoms with E-state index in [2.05, 4.69) is 31.1 Å². The van der Waals surface area contributed by atoms with Crippen LogP contribution in [0, 0.1) is 0 Å². The first kappa shape index (κ1) is 12.6. The van der Waals surface area contributed by atoms with E-state index in [0.717, 1.165) is 4.47 Å². The number of phenols is 2. The van der Waals surface area contributed by atoms with E-state index in [1.807, 2.05) is 6.07 Å². The Hall–Kier alpha value is -2.41. The molecule has 0 amide bonds. The van der Waals surface area contributed by atoms with Crippen molar-refractivity contribution in [3.63, 3.8) is 0 Å². The molecule has 2 heterocycles. The van der Waals surface area contributed by atoms with Crippen molar-refractivity contribution in [2.24, 2.45) is 0 Å². The highest BCUT2D eigenvalue weighted by molar-refractivity contribution is 9.10. The fourth-order valence-corrected chi connectivity index (χ4v) is 1.87. The van der Waals surface area contributed by atoms with Gasteiger partial charge in [0.1, 0.15) is 17.2 Å². The van der Waals surface area contributed by atoms with Crippen LogP contribution in [0.2, 0.25) is 0 Å². The molecule has 7 heteroatoms. The molecule has 0 aliphatic rings.